The largest absolute Gasteiger partial charge is 0.480 e. The zero-order chi connectivity index (χ0) is 30.4. The van der Waals surface area contributed by atoms with Crippen LogP contribution in [0.1, 0.15) is 25.0 Å². The Kier molecular flexibility index (Phi) is 9.92. The summed E-state index contributed by atoms with van der Waals surface area (Å²) in [5.41, 5.74) is 9.12. The van der Waals surface area contributed by atoms with Crippen molar-refractivity contribution >= 4 is 58.1 Å². The van der Waals surface area contributed by atoms with Crippen molar-refractivity contribution < 1.29 is 24.3 Å². The highest BCUT2D eigenvalue weighted by atomic mass is 32.1. The van der Waals surface area contributed by atoms with Gasteiger partial charge in [-0.25, -0.2) is 4.79 Å². The Labute approximate surface area is 248 Å². The van der Waals surface area contributed by atoms with Crippen molar-refractivity contribution in [2.24, 2.45) is 11.7 Å². The second-order valence-corrected chi connectivity index (χ2v) is 11.0. The lowest BCUT2D eigenvalue weighted by Crippen LogP contribution is -2.59. The fraction of sp³-hybridized carbons (Fsp3) is 0.333. The van der Waals surface area contributed by atoms with Crippen LogP contribution < -0.4 is 21.7 Å². The molecule has 4 atom stereocenters. The maximum Gasteiger partial charge on any atom is 0.326 e. The summed E-state index contributed by atoms with van der Waals surface area (Å²) >= 11 is 4.08. The molecule has 12 heteroatoms. The number of nitrogens with two attached hydrogens (primary N) is 1. The Morgan fingerprint density at radius 2 is 1.29 bits per heavy atom. The molecule has 0 aliphatic heterocycles. The number of aromatic nitrogens is 2. The molecule has 0 saturated carbocycles. The quantitative estimate of drug-likeness (QED) is 0.110. The Bertz CT molecular complexity index is 1580. The molecule has 0 aliphatic rings. The molecular weight excluding hydrogens is 556 g/mol. The average molecular weight is 593 g/mol. The van der Waals surface area contributed by atoms with Crippen molar-refractivity contribution in [1.29, 1.82) is 0 Å². The van der Waals surface area contributed by atoms with Crippen LogP contribution in [0.3, 0.4) is 0 Å². The predicted octanol–water partition coefficient (Wildman–Crippen LogP) is 1.89. The Balaban J connectivity index is 1.52. The van der Waals surface area contributed by atoms with E-state index in [4.69, 9.17) is 5.73 Å². The molecule has 0 bridgehead atoms. The Morgan fingerprint density at radius 1 is 0.786 bits per heavy atom. The number of amides is 3. The topological polar surface area (TPSA) is 182 Å². The van der Waals surface area contributed by atoms with E-state index in [0.29, 0.717) is 0 Å². The summed E-state index contributed by atoms with van der Waals surface area (Å²) in [5, 5.41) is 19.7. The number of hydrogen-bond acceptors (Lipinski definition) is 6. The first-order chi connectivity index (χ1) is 20.1. The van der Waals surface area contributed by atoms with Crippen LogP contribution in [0.2, 0.25) is 0 Å². The molecule has 2 aromatic heterocycles. The summed E-state index contributed by atoms with van der Waals surface area (Å²) < 4.78 is 0. The van der Waals surface area contributed by atoms with Crippen molar-refractivity contribution in [2.75, 3.05) is 5.75 Å². The smallest absolute Gasteiger partial charge is 0.326 e. The number of carboxylic acids is 1. The number of hydrogen-bond donors (Lipinski definition) is 8. The molecular formula is C30H36N6O5S. The van der Waals surface area contributed by atoms with Gasteiger partial charge < -0.3 is 36.8 Å². The van der Waals surface area contributed by atoms with Crippen LogP contribution in [-0.2, 0) is 32.0 Å². The molecule has 0 aliphatic carbocycles. The second-order valence-electron chi connectivity index (χ2n) is 10.6. The minimum Gasteiger partial charge on any atom is -0.480 e. The molecule has 0 spiro atoms. The van der Waals surface area contributed by atoms with E-state index in [-0.39, 0.29) is 24.5 Å². The van der Waals surface area contributed by atoms with E-state index < -0.39 is 47.9 Å². The van der Waals surface area contributed by atoms with Crippen molar-refractivity contribution in [3.8, 4) is 0 Å². The molecule has 42 heavy (non-hydrogen) atoms. The molecule has 2 heterocycles. The predicted molar refractivity (Wildman–Crippen MR) is 164 cm³/mol. The Hall–Kier alpha value is -4.29. The van der Waals surface area contributed by atoms with Crippen LogP contribution in [0.25, 0.3) is 21.8 Å². The third-order valence-electron chi connectivity index (χ3n) is 7.23. The molecule has 4 aromatic rings. The van der Waals surface area contributed by atoms with E-state index in [1.165, 1.54) is 0 Å². The Morgan fingerprint density at radius 3 is 1.79 bits per heavy atom. The third kappa shape index (κ3) is 7.12. The standard InChI is InChI=1S/C30H36N6O5S/c1-16(2)26(29(39)35-25(30(40)41)12-18-14-33-23-10-6-4-8-20(18)23)36-28(38)24(34-27(37)21(31)15-42)11-17-13-32-22-9-5-3-7-19(17)22/h3-10,13-14,16,21,24-26,32-33,42H,11-12,15,31H2,1-2H3,(H,34,37)(H,35,39)(H,36,38)(H,40,41). The van der Waals surface area contributed by atoms with E-state index >= 15 is 0 Å². The first-order valence-electron chi connectivity index (χ1n) is 13.7. The highest BCUT2D eigenvalue weighted by Gasteiger charge is 2.32. The lowest BCUT2D eigenvalue weighted by Gasteiger charge is -2.27. The molecule has 4 unspecified atom stereocenters. The van der Waals surface area contributed by atoms with Crippen LogP contribution >= 0.6 is 12.6 Å². The zero-order valence-corrected chi connectivity index (χ0v) is 24.3. The minimum absolute atomic E-state index is 0.0463. The van der Waals surface area contributed by atoms with Crippen molar-refractivity contribution in [2.45, 2.75) is 50.9 Å². The van der Waals surface area contributed by atoms with Gasteiger partial charge in [-0.3, -0.25) is 14.4 Å². The van der Waals surface area contributed by atoms with Crippen molar-refractivity contribution in [3.05, 3.63) is 72.1 Å². The first kappa shape index (κ1) is 30.7. The van der Waals surface area contributed by atoms with E-state index in [9.17, 15) is 24.3 Å². The monoisotopic (exact) mass is 592 g/mol. The van der Waals surface area contributed by atoms with E-state index in [1.54, 1.807) is 26.2 Å². The van der Waals surface area contributed by atoms with Crippen LogP contribution in [0.4, 0.5) is 0 Å². The van der Waals surface area contributed by atoms with Gasteiger partial charge >= 0.3 is 5.97 Å². The van der Waals surface area contributed by atoms with E-state index in [0.717, 1.165) is 32.9 Å². The van der Waals surface area contributed by atoms with E-state index in [2.05, 4.69) is 38.5 Å². The van der Waals surface area contributed by atoms with Gasteiger partial charge in [0, 0.05) is 52.8 Å². The number of carbonyl (C=O) groups excluding carboxylic acids is 3. The number of fused-ring (bicyclic) bond motifs is 2. The number of aromatic amines is 2. The fourth-order valence-corrected chi connectivity index (χ4v) is 5.03. The first-order valence-corrected chi connectivity index (χ1v) is 14.3. The summed E-state index contributed by atoms with van der Waals surface area (Å²) in [6.07, 6.45) is 3.67. The number of carbonyl (C=O) groups is 4. The average Bonchev–Trinajstić information content (AvgIpc) is 3.58. The van der Waals surface area contributed by atoms with Gasteiger partial charge in [-0.2, -0.15) is 12.6 Å². The van der Waals surface area contributed by atoms with Crippen molar-refractivity contribution in [1.82, 2.24) is 25.9 Å². The lowest BCUT2D eigenvalue weighted by molar-refractivity contribution is -0.142. The fourth-order valence-electron chi connectivity index (χ4n) is 4.86. The van der Waals surface area contributed by atoms with Gasteiger partial charge in [0.2, 0.25) is 17.7 Å². The van der Waals surface area contributed by atoms with Gasteiger partial charge in [-0.15, -0.1) is 0 Å². The SMILES string of the molecule is CC(C)C(NC(=O)C(Cc1c[nH]c2ccccc12)NC(=O)C(N)CS)C(=O)NC(Cc1c[nH]c2ccccc12)C(=O)O. The number of benzene rings is 2. The van der Waals surface area contributed by atoms with Gasteiger partial charge in [-0.05, 0) is 29.2 Å². The highest BCUT2D eigenvalue weighted by molar-refractivity contribution is 7.80. The van der Waals surface area contributed by atoms with E-state index in [1.807, 2.05) is 48.5 Å². The third-order valence-corrected chi connectivity index (χ3v) is 7.62. The number of thiol groups is 1. The van der Waals surface area contributed by atoms with Crippen LogP contribution in [0.5, 0.6) is 0 Å². The van der Waals surface area contributed by atoms with Gasteiger partial charge in [0.05, 0.1) is 6.04 Å². The molecule has 3 amide bonds. The summed E-state index contributed by atoms with van der Waals surface area (Å²) in [4.78, 5) is 58.1. The molecule has 0 fully saturated rings. The second kappa shape index (κ2) is 13.6. The van der Waals surface area contributed by atoms with Crippen molar-refractivity contribution in [3.63, 3.8) is 0 Å². The molecule has 4 rings (SSSR count). The molecule has 11 nitrogen and oxygen atoms in total. The highest BCUT2D eigenvalue weighted by Crippen LogP contribution is 2.21. The molecule has 8 N–H and O–H groups in total. The molecule has 0 saturated heterocycles. The summed E-state index contributed by atoms with van der Waals surface area (Å²) in [6, 6.07) is 10.8. The number of rotatable bonds is 13. The summed E-state index contributed by atoms with van der Waals surface area (Å²) in [6.45, 7) is 3.48. The number of para-hydroxylation sites is 2. The van der Waals surface area contributed by atoms with Crippen LogP contribution in [0.15, 0.2) is 60.9 Å². The number of H-pyrrole nitrogens is 2. The summed E-state index contributed by atoms with van der Waals surface area (Å²) in [5.74, 6) is -3.31. The number of nitrogens with one attached hydrogen (secondary N) is 5. The van der Waals surface area contributed by atoms with Gasteiger partial charge in [-0.1, -0.05) is 50.2 Å². The van der Waals surface area contributed by atoms with Gasteiger partial charge in [0.15, 0.2) is 0 Å². The minimum atomic E-state index is -1.23. The maximum absolute atomic E-state index is 13.6. The van der Waals surface area contributed by atoms with Gasteiger partial charge in [0.1, 0.15) is 18.1 Å². The zero-order valence-electron chi connectivity index (χ0n) is 23.4. The maximum atomic E-state index is 13.6. The number of carboxylic acid groups (broad SMARTS) is 1. The normalized spacial score (nSPS) is 14.3. The van der Waals surface area contributed by atoms with Crippen LogP contribution in [0, 0.1) is 5.92 Å². The van der Waals surface area contributed by atoms with Gasteiger partial charge in [0.25, 0.3) is 0 Å². The lowest BCUT2D eigenvalue weighted by atomic mass is 9.99. The summed E-state index contributed by atoms with van der Waals surface area (Å²) in [7, 11) is 0. The van der Waals surface area contributed by atoms with Crippen LogP contribution in [-0.4, -0.2) is 68.7 Å². The molecule has 222 valence electrons. The number of aliphatic carboxylic acids is 1. The molecule has 0 radical (unpaired) electrons. The molecule has 2 aromatic carbocycles.